The van der Waals surface area contributed by atoms with E-state index in [0.29, 0.717) is 4.57 Å². The molecule has 0 atom stereocenters. The molecule has 4 rings (SSSR count). The minimum absolute atomic E-state index is 0.0855. The van der Waals surface area contributed by atoms with Gasteiger partial charge >= 0.3 is 18.0 Å². The van der Waals surface area contributed by atoms with Crippen molar-refractivity contribution in [3.05, 3.63) is 86.6 Å². The molecule has 7 nitrogen and oxygen atoms in total. The fourth-order valence-electron chi connectivity index (χ4n) is 3.66. The molecule has 0 saturated heterocycles. The maximum absolute atomic E-state index is 14.3. The standard InChI is InChI=1S/C21H14F6N4O3/c1-34-13-9-5-6-11(10-13)15-28-16-14(19(30-15,20(22,23)24)21(25,26)27)17(32)29-18(33)31(16)12-7-3-2-4-8-12/h2-10H,1H3,(H,28,30)(H,29,32,33). The Labute approximate surface area is 186 Å². The van der Waals surface area contributed by atoms with E-state index in [1.807, 2.05) is 0 Å². The lowest BCUT2D eigenvalue weighted by Gasteiger charge is -2.38. The SMILES string of the molecule is COc1cccc(C2=NC(C(F)(F)F)(C(F)(F)F)c3c(n(-c4ccccc4)c(=O)[nH]c3=O)N2)c1. The van der Waals surface area contributed by atoms with E-state index in [4.69, 9.17) is 4.74 Å². The fourth-order valence-corrected chi connectivity index (χ4v) is 3.66. The van der Waals surface area contributed by atoms with Gasteiger partial charge in [0.05, 0.1) is 12.8 Å². The molecule has 3 aromatic rings. The highest BCUT2D eigenvalue weighted by Gasteiger charge is 2.75. The number of alkyl halides is 6. The van der Waals surface area contributed by atoms with Crippen LogP contribution in [-0.4, -0.2) is 34.8 Å². The third kappa shape index (κ3) is 3.43. The van der Waals surface area contributed by atoms with Crippen molar-refractivity contribution in [3.63, 3.8) is 0 Å². The molecule has 1 aliphatic rings. The molecule has 2 aromatic carbocycles. The Bertz CT molecular complexity index is 1380. The first-order valence-electron chi connectivity index (χ1n) is 9.50. The Kier molecular flexibility index (Phi) is 5.30. The summed E-state index contributed by atoms with van der Waals surface area (Å²) in [6, 6.07) is 12.0. The summed E-state index contributed by atoms with van der Waals surface area (Å²) < 4.78 is 91.3. The summed E-state index contributed by atoms with van der Waals surface area (Å²) in [5.41, 5.74) is -10.2. The number of nitrogens with one attached hydrogen (secondary N) is 2. The van der Waals surface area contributed by atoms with Crippen LogP contribution in [0.3, 0.4) is 0 Å². The number of anilines is 1. The number of hydrogen-bond donors (Lipinski definition) is 2. The Balaban J connectivity index is 2.17. The maximum atomic E-state index is 14.3. The Morgan fingerprint density at radius 2 is 1.59 bits per heavy atom. The van der Waals surface area contributed by atoms with Crippen molar-refractivity contribution < 1.29 is 31.1 Å². The van der Waals surface area contributed by atoms with E-state index >= 15 is 0 Å². The average Bonchev–Trinajstić information content (AvgIpc) is 2.77. The number of H-pyrrole nitrogens is 1. The molecule has 34 heavy (non-hydrogen) atoms. The molecular formula is C21H14F6N4O3. The third-order valence-electron chi connectivity index (χ3n) is 5.17. The molecule has 2 heterocycles. The molecule has 0 unspecified atom stereocenters. The van der Waals surface area contributed by atoms with E-state index in [0.717, 1.165) is 6.07 Å². The minimum atomic E-state index is -6.10. The van der Waals surface area contributed by atoms with E-state index in [1.54, 1.807) is 4.98 Å². The van der Waals surface area contributed by atoms with Crippen molar-refractivity contribution in [2.45, 2.75) is 17.9 Å². The van der Waals surface area contributed by atoms with E-state index < -0.39 is 46.4 Å². The van der Waals surface area contributed by atoms with Crippen LogP contribution < -0.4 is 21.3 Å². The van der Waals surface area contributed by atoms with Gasteiger partial charge in [-0.3, -0.25) is 9.78 Å². The molecule has 0 amide bonds. The number of nitrogens with zero attached hydrogens (tertiary/aromatic N) is 2. The third-order valence-corrected chi connectivity index (χ3v) is 5.17. The number of benzene rings is 2. The van der Waals surface area contributed by atoms with Crippen LogP contribution in [-0.2, 0) is 5.54 Å². The highest BCUT2D eigenvalue weighted by Crippen LogP contribution is 2.55. The van der Waals surface area contributed by atoms with Crippen LogP contribution in [0.1, 0.15) is 11.1 Å². The zero-order valence-electron chi connectivity index (χ0n) is 17.1. The largest absolute Gasteiger partial charge is 0.497 e. The van der Waals surface area contributed by atoms with Gasteiger partial charge in [-0.2, -0.15) is 26.3 Å². The van der Waals surface area contributed by atoms with Crippen LogP contribution in [0, 0.1) is 0 Å². The zero-order valence-corrected chi connectivity index (χ0v) is 17.1. The van der Waals surface area contributed by atoms with Gasteiger partial charge in [0.25, 0.3) is 11.1 Å². The van der Waals surface area contributed by atoms with Crippen LogP contribution >= 0.6 is 0 Å². The molecule has 2 N–H and O–H groups in total. The second-order valence-electron chi connectivity index (χ2n) is 7.18. The van der Waals surface area contributed by atoms with Gasteiger partial charge in [0.15, 0.2) is 0 Å². The van der Waals surface area contributed by atoms with Gasteiger partial charge in [0.2, 0.25) is 0 Å². The van der Waals surface area contributed by atoms with Crippen LogP contribution in [0.25, 0.3) is 5.69 Å². The van der Waals surface area contributed by atoms with Gasteiger partial charge < -0.3 is 10.1 Å². The molecule has 13 heteroatoms. The van der Waals surface area contributed by atoms with Crippen molar-refractivity contribution in [1.29, 1.82) is 0 Å². The topological polar surface area (TPSA) is 88.5 Å². The van der Waals surface area contributed by atoms with Crippen LogP contribution in [0.2, 0.25) is 0 Å². The number of ether oxygens (including phenoxy) is 1. The number of rotatable bonds is 3. The zero-order chi connectivity index (χ0) is 24.9. The smallest absolute Gasteiger partial charge is 0.427 e. The summed E-state index contributed by atoms with van der Waals surface area (Å²) in [6.45, 7) is 0. The first-order chi connectivity index (χ1) is 15.9. The lowest BCUT2D eigenvalue weighted by molar-refractivity contribution is -0.301. The first kappa shape index (κ1) is 23.1. The maximum Gasteiger partial charge on any atom is 0.427 e. The molecule has 0 spiro atoms. The summed E-state index contributed by atoms with van der Waals surface area (Å²) in [5.74, 6) is -1.75. The number of halogens is 6. The van der Waals surface area contributed by atoms with Crippen LogP contribution in [0.5, 0.6) is 5.75 Å². The van der Waals surface area contributed by atoms with Gasteiger partial charge in [-0.25, -0.2) is 14.4 Å². The van der Waals surface area contributed by atoms with Gasteiger partial charge in [-0.15, -0.1) is 0 Å². The predicted molar refractivity (Wildman–Crippen MR) is 110 cm³/mol. The Morgan fingerprint density at radius 3 is 2.18 bits per heavy atom. The number of hydrogen-bond acceptors (Lipinski definition) is 5. The summed E-state index contributed by atoms with van der Waals surface area (Å²) >= 11 is 0. The van der Waals surface area contributed by atoms with Gasteiger partial charge in [0, 0.05) is 5.56 Å². The Hall–Kier alpha value is -4.03. The molecule has 0 radical (unpaired) electrons. The van der Waals surface area contributed by atoms with Crippen molar-refractivity contribution in [2.24, 2.45) is 4.99 Å². The number of fused-ring (bicyclic) bond motifs is 1. The second kappa shape index (κ2) is 7.78. The lowest BCUT2D eigenvalue weighted by Crippen LogP contribution is -2.59. The normalized spacial score (nSPS) is 15.2. The van der Waals surface area contributed by atoms with Crippen LogP contribution in [0.4, 0.5) is 32.2 Å². The summed E-state index contributed by atoms with van der Waals surface area (Å²) in [6.07, 6.45) is -12.2. The molecule has 1 aromatic heterocycles. The minimum Gasteiger partial charge on any atom is -0.497 e. The summed E-state index contributed by atoms with van der Waals surface area (Å²) in [7, 11) is 1.26. The highest BCUT2D eigenvalue weighted by molar-refractivity contribution is 6.10. The quantitative estimate of drug-likeness (QED) is 0.555. The monoisotopic (exact) mass is 484 g/mol. The number of amidine groups is 1. The van der Waals surface area contributed by atoms with Crippen molar-refractivity contribution >= 4 is 11.7 Å². The van der Waals surface area contributed by atoms with E-state index in [2.05, 4.69) is 10.3 Å². The number of aliphatic imine (C=N–C) groups is 1. The van der Waals surface area contributed by atoms with Crippen molar-refractivity contribution in [1.82, 2.24) is 9.55 Å². The predicted octanol–water partition coefficient (Wildman–Crippen LogP) is 3.73. The van der Waals surface area contributed by atoms with Gasteiger partial charge in [-0.1, -0.05) is 30.3 Å². The Morgan fingerprint density at radius 1 is 0.941 bits per heavy atom. The van der Waals surface area contributed by atoms with Gasteiger partial charge in [0.1, 0.15) is 23.0 Å². The summed E-state index contributed by atoms with van der Waals surface area (Å²) in [5, 5.41) is 2.35. The molecule has 178 valence electrons. The number of aromatic nitrogens is 2. The average molecular weight is 484 g/mol. The molecular weight excluding hydrogens is 470 g/mol. The highest BCUT2D eigenvalue weighted by atomic mass is 19.4. The van der Waals surface area contributed by atoms with E-state index in [9.17, 15) is 35.9 Å². The van der Waals surface area contributed by atoms with Gasteiger partial charge in [-0.05, 0) is 24.3 Å². The lowest BCUT2D eigenvalue weighted by atomic mass is 9.87. The van der Waals surface area contributed by atoms with E-state index in [1.165, 1.54) is 55.6 Å². The van der Waals surface area contributed by atoms with Crippen molar-refractivity contribution in [2.75, 3.05) is 12.4 Å². The van der Waals surface area contributed by atoms with Crippen LogP contribution in [0.15, 0.2) is 69.2 Å². The molecule has 0 bridgehead atoms. The first-order valence-corrected chi connectivity index (χ1v) is 9.50. The second-order valence-corrected chi connectivity index (χ2v) is 7.18. The molecule has 0 fully saturated rings. The summed E-state index contributed by atoms with van der Waals surface area (Å²) in [4.78, 5) is 29.7. The molecule has 0 aliphatic carbocycles. The number of methoxy groups -OCH3 is 1. The van der Waals surface area contributed by atoms with Crippen molar-refractivity contribution in [3.8, 4) is 11.4 Å². The van der Waals surface area contributed by atoms with E-state index in [-0.39, 0.29) is 17.0 Å². The molecule has 0 saturated carbocycles. The fraction of sp³-hybridized carbons (Fsp3) is 0.190. The number of aromatic amines is 1. The number of para-hydroxylation sites is 1. The molecule has 1 aliphatic heterocycles.